The largest absolute Gasteiger partial charge is 0.507 e. The molecule has 0 bridgehead atoms. The van der Waals surface area contributed by atoms with Crippen molar-refractivity contribution < 1.29 is 54.8 Å². The fourth-order valence-electron chi connectivity index (χ4n) is 5.71. The van der Waals surface area contributed by atoms with Gasteiger partial charge in [0.15, 0.2) is 6.29 Å². The maximum Gasteiger partial charge on any atom is 0.202 e. The highest BCUT2D eigenvalue weighted by Gasteiger charge is 2.51. The standard InChI is InChI=1S/C26H29NO11/c1-3-26(36)7-12(38-13-6-9(27)20(30)8(2)37-13)16-19(25(26)35)24(34)18-17(23(16)33)21(31)14-10(28)4-5-11(29)15(14)22(18)32/h4-5,8-9,12-13,20,25,28-30,33-36H,3,6-7,27H2,1-2H3/t8?,9?,12-,13?,20?,25+,26+/m0/s1. The van der Waals surface area contributed by atoms with E-state index in [1.807, 2.05) is 0 Å². The topological polar surface area (TPSA) is 220 Å². The summed E-state index contributed by atoms with van der Waals surface area (Å²) in [6.45, 7) is 3.17. The highest BCUT2D eigenvalue weighted by molar-refractivity contribution is 6.32. The second kappa shape index (κ2) is 8.90. The number of aliphatic hydroxyl groups excluding tert-OH is 2. The van der Waals surface area contributed by atoms with Gasteiger partial charge in [0.2, 0.25) is 11.6 Å². The van der Waals surface area contributed by atoms with Gasteiger partial charge in [0.1, 0.15) is 29.1 Å². The third-order valence-electron chi connectivity index (χ3n) is 7.92. The van der Waals surface area contributed by atoms with Crippen LogP contribution in [0.4, 0.5) is 0 Å². The Hall–Kier alpha value is -3.26. The Morgan fingerprint density at radius 2 is 1.50 bits per heavy atom. The molecule has 7 atom stereocenters. The van der Waals surface area contributed by atoms with Crippen molar-refractivity contribution in [3.05, 3.63) is 45.5 Å². The van der Waals surface area contributed by atoms with Gasteiger partial charge in [0.25, 0.3) is 0 Å². The summed E-state index contributed by atoms with van der Waals surface area (Å²) in [6.07, 6.45) is -6.00. The molecule has 0 radical (unpaired) electrons. The van der Waals surface area contributed by atoms with E-state index in [9.17, 15) is 45.3 Å². The van der Waals surface area contributed by atoms with Crippen LogP contribution in [0.5, 0.6) is 23.0 Å². The van der Waals surface area contributed by atoms with E-state index in [2.05, 4.69) is 0 Å². The highest BCUT2D eigenvalue weighted by atomic mass is 16.7. The zero-order valence-corrected chi connectivity index (χ0v) is 20.6. The van der Waals surface area contributed by atoms with Crippen LogP contribution in [-0.4, -0.2) is 77.5 Å². The first-order chi connectivity index (χ1) is 17.8. The fourth-order valence-corrected chi connectivity index (χ4v) is 5.71. The van der Waals surface area contributed by atoms with Crippen LogP contribution in [0.2, 0.25) is 0 Å². The minimum absolute atomic E-state index is 0.0186. The Morgan fingerprint density at radius 3 is 2.00 bits per heavy atom. The van der Waals surface area contributed by atoms with Crippen molar-refractivity contribution >= 4 is 11.6 Å². The number of rotatable bonds is 3. The maximum absolute atomic E-state index is 13.5. The van der Waals surface area contributed by atoms with Crippen LogP contribution < -0.4 is 5.73 Å². The van der Waals surface area contributed by atoms with Gasteiger partial charge in [-0.25, -0.2) is 0 Å². The number of hydrogen-bond donors (Lipinski definition) is 8. The summed E-state index contributed by atoms with van der Waals surface area (Å²) in [5.74, 6) is -5.04. The number of carbonyl (C=O) groups is 2. The van der Waals surface area contributed by atoms with Crippen molar-refractivity contribution in [2.24, 2.45) is 5.73 Å². The Bertz CT molecular complexity index is 1350. The number of carbonyl (C=O) groups excluding carboxylic acids is 2. The predicted octanol–water partition coefficient (Wildman–Crippen LogP) is 0.743. The van der Waals surface area contributed by atoms with Gasteiger partial charge in [-0.15, -0.1) is 0 Å². The molecular formula is C26H29NO11. The number of nitrogens with two attached hydrogens (primary N) is 1. The number of ketones is 2. The van der Waals surface area contributed by atoms with Crippen LogP contribution in [-0.2, 0) is 9.47 Å². The normalized spacial score (nSPS) is 32.5. The van der Waals surface area contributed by atoms with E-state index in [-0.39, 0.29) is 24.8 Å². The van der Waals surface area contributed by atoms with E-state index >= 15 is 0 Å². The minimum atomic E-state index is -1.88. The van der Waals surface area contributed by atoms with Gasteiger partial charge in [0, 0.05) is 30.0 Å². The average molecular weight is 532 g/mol. The molecular weight excluding hydrogens is 502 g/mol. The summed E-state index contributed by atoms with van der Waals surface area (Å²) in [4.78, 5) is 26.9. The molecule has 12 heteroatoms. The second-order valence-electron chi connectivity index (χ2n) is 10.1. The maximum atomic E-state index is 13.5. The Labute approximate surface area is 216 Å². The molecule has 4 unspecified atom stereocenters. The number of aliphatic hydroxyl groups is 3. The van der Waals surface area contributed by atoms with E-state index in [4.69, 9.17) is 15.2 Å². The molecule has 1 heterocycles. The van der Waals surface area contributed by atoms with Crippen molar-refractivity contribution in [3.63, 3.8) is 0 Å². The van der Waals surface area contributed by atoms with Crippen LogP contribution in [0.1, 0.15) is 88.3 Å². The first-order valence-corrected chi connectivity index (χ1v) is 12.2. The van der Waals surface area contributed by atoms with E-state index in [0.29, 0.717) is 0 Å². The number of ether oxygens (including phenoxy) is 2. The van der Waals surface area contributed by atoms with E-state index in [1.54, 1.807) is 13.8 Å². The molecule has 12 nitrogen and oxygen atoms in total. The molecule has 1 aliphatic heterocycles. The van der Waals surface area contributed by atoms with E-state index in [0.717, 1.165) is 12.1 Å². The molecule has 5 rings (SSSR count). The van der Waals surface area contributed by atoms with Gasteiger partial charge in [-0.2, -0.15) is 0 Å². The number of aromatic hydroxyl groups is 4. The molecule has 0 amide bonds. The lowest BCUT2D eigenvalue weighted by molar-refractivity contribution is -0.252. The van der Waals surface area contributed by atoms with Gasteiger partial charge in [-0.3, -0.25) is 9.59 Å². The van der Waals surface area contributed by atoms with Crippen LogP contribution in [0, 0.1) is 0 Å². The third kappa shape index (κ3) is 3.60. The number of phenols is 4. The van der Waals surface area contributed by atoms with Crippen molar-refractivity contribution in [2.45, 2.75) is 75.5 Å². The van der Waals surface area contributed by atoms with E-state index in [1.165, 1.54) is 0 Å². The van der Waals surface area contributed by atoms with Crippen LogP contribution in [0.3, 0.4) is 0 Å². The summed E-state index contributed by atoms with van der Waals surface area (Å²) >= 11 is 0. The van der Waals surface area contributed by atoms with Crippen LogP contribution in [0.15, 0.2) is 12.1 Å². The fraction of sp³-hybridized carbons (Fsp3) is 0.462. The van der Waals surface area contributed by atoms with E-state index < -0.39 is 105 Å². The van der Waals surface area contributed by atoms with Gasteiger partial charge in [-0.1, -0.05) is 6.92 Å². The molecule has 0 spiro atoms. The van der Waals surface area contributed by atoms with Gasteiger partial charge >= 0.3 is 0 Å². The Kier molecular flexibility index (Phi) is 6.17. The molecule has 2 aromatic rings. The lowest BCUT2D eigenvalue weighted by atomic mass is 9.70. The molecule has 2 aromatic carbocycles. The quantitative estimate of drug-likeness (QED) is 0.219. The number of hydrogen-bond acceptors (Lipinski definition) is 12. The minimum Gasteiger partial charge on any atom is -0.507 e. The first kappa shape index (κ1) is 26.4. The van der Waals surface area contributed by atoms with Crippen LogP contribution in [0.25, 0.3) is 0 Å². The molecule has 0 saturated carbocycles. The lowest BCUT2D eigenvalue weighted by Gasteiger charge is -2.44. The summed E-state index contributed by atoms with van der Waals surface area (Å²) in [5, 5.41) is 75.7. The first-order valence-electron chi connectivity index (χ1n) is 12.2. The molecule has 2 aliphatic carbocycles. The van der Waals surface area contributed by atoms with Gasteiger partial charge in [-0.05, 0) is 25.5 Å². The molecule has 38 heavy (non-hydrogen) atoms. The molecule has 0 aromatic heterocycles. The molecule has 204 valence electrons. The third-order valence-corrected chi connectivity index (χ3v) is 7.92. The Balaban J connectivity index is 1.71. The molecule has 1 fully saturated rings. The number of fused-ring (bicyclic) bond motifs is 3. The van der Waals surface area contributed by atoms with Gasteiger partial charge < -0.3 is 51.0 Å². The Morgan fingerprint density at radius 1 is 0.974 bits per heavy atom. The summed E-state index contributed by atoms with van der Waals surface area (Å²) in [5.41, 5.74) is 0.996. The zero-order valence-electron chi connectivity index (χ0n) is 20.6. The molecule has 1 saturated heterocycles. The zero-order chi connectivity index (χ0) is 27.8. The van der Waals surface area contributed by atoms with Gasteiger partial charge in [0.05, 0.1) is 46.2 Å². The van der Waals surface area contributed by atoms with Crippen LogP contribution >= 0.6 is 0 Å². The lowest BCUT2D eigenvalue weighted by Crippen LogP contribution is -2.52. The smallest absolute Gasteiger partial charge is 0.202 e. The monoisotopic (exact) mass is 531 g/mol. The molecule has 9 N–H and O–H groups in total. The predicted molar refractivity (Wildman–Crippen MR) is 128 cm³/mol. The second-order valence-corrected chi connectivity index (χ2v) is 10.1. The highest BCUT2D eigenvalue weighted by Crippen LogP contribution is 2.56. The number of benzene rings is 2. The van der Waals surface area contributed by atoms with Crippen molar-refractivity contribution in [1.29, 1.82) is 0 Å². The van der Waals surface area contributed by atoms with Crippen molar-refractivity contribution in [3.8, 4) is 23.0 Å². The summed E-state index contributed by atoms with van der Waals surface area (Å²) in [7, 11) is 0. The van der Waals surface area contributed by atoms with Crippen molar-refractivity contribution in [2.75, 3.05) is 0 Å². The SMILES string of the molecule is CC[C@@]1(O)C[C@H](OC2CC(N)C(O)C(C)O2)c2c(O)c3c(c(O)c2[C@H]1O)C(=O)c1c(O)ccc(O)c1C3=O. The summed E-state index contributed by atoms with van der Waals surface area (Å²) < 4.78 is 11.7. The van der Waals surface area contributed by atoms with Crippen molar-refractivity contribution in [1.82, 2.24) is 0 Å². The average Bonchev–Trinajstić information content (AvgIpc) is 2.86. The molecule has 3 aliphatic rings. The summed E-state index contributed by atoms with van der Waals surface area (Å²) in [6, 6.07) is 1.30. The number of phenolic OH excluding ortho intramolecular Hbond substituents is 4.